The van der Waals surface area contributed by atoms with Gasteiger partial charge >= 0.3 is 0 Å². The van der Waals surface area contributed by atoms with Gasteiger partial charge in [-0.15, -0.1) is 0 Å². The van der Waals surface area contributed by atoms with Crippen LogP contribution in [-0.2, 0) is 0 Å². The van der Waals surface area contributed by atoms with Crippen LogP contribution >= 0.6 is 0 Å². The summed E-state index contributed by atoms with van der Waals surface area (Å²) in [6.45, 7) is 0. The predicted octanol–water partition coefficient (Wildman–Crippen LogP) is 3.25. The highest BCUT2D eigenvalue weighted by Crippen LogP contribution is 2.31. The fourth-order valence-electron chi connectivity index (χ4n) is 3.12. The second-order valence-electron chi connectivity index (χ2n) is 5.94. The van der Waals surface area contributed by atoms with Gasteiger partial charge < -0.3 is 4.98 Å². The molecule has 2 aromatic heterocycles. The van der Waals surface area contributed by atoms with Crippen molar-refractivity contribution in [2.75, 3.05) is 0 Å². The third-order valence-electron chi connectivity index (χ3n) is 4.31. The molecule has 0 amide bonds. The molecule has 0 saturated heterocycles. The van der Waals surface area contributed by atoms with Crippen LogP contribution in [0, 0.1) is 10.1 Å². The number of nitro groups is 1. The Bertz CT molecular complexity index is 1290. The quantitative estimate of drug-likeness (QED) is 0.448. The lowest BCUT2D eigenvalue weighted by Crippen LogP contribution is -2.25. The van der Waals surface area contributed by atoms with Gasteiger partial charge in [0, 0.05) is 28.6 Å². The average molecular weight is 359 g/mol. The fraction of sp³-hybridized carbons (Fsp3) is 0. The minimum absolute atomic E-state index is 0.0496. The van der Waals surface area contributed by atoms with Crippen LogP contribution in [-0.4, -0.2) is 14.5 Å². The zero-order valence-electron chi connectivity index (χ0n) is 14.0. The van der Waals surface area contributed by atoms with Gasteiger partial charge in [0.05, 0.1) is 11.1 Å². The van der Waals surface area contributed by atoms with E-state index < -0.39 is 16.0 Å². The summed E-state index contributed by atoms with van der Waals surface area (Å²) in [7, 11) is 0. The summed E-state index contributed by atoms with van der Waals surface area (Å²) in [6.07, 6.45) is 1.08. The van der Waals surface area contributed by atoms with Crippen molar-refractivity contribution in [3.63, 3.8) is 0 Å². The van der Waals surface area contributed by atoms with Gasteiger partial charge in [-0.25, -0.2) is 0 Å². The lowest BCUT2D eigenvalue weighted by atomic mass is 9.99. The standard InChI is InChI=1S/C20H13N3O4/c24-17-11-10-14(23(26)27)12-22(17)19-18(13-6-2-1-3-7-13)15-8-4-5-9-16(15)21-20(19)25/h1-12H,(H,21,25). The molecule has 0 bridgehead atoms. The summed E-state index contributed by atoms with van der Waals surface area (Å²) in [4.78, 5) is 38.6. The Hall–Kier alpha value is -4.00. The average Bonchev–Trinajstić information content (AvgIpc) is 2.68. The van der Waals surface area contributed by atoms with Crippen molar-refractivity contribution < 1.29 is 4.92 Å². The van der Waals surface area contributed by atoms with Crippen molar-refractivity contribution in [2.45, 2.75) is 0 Å². The van der Waals surface area contributed by atoms with E-state index in [1.807, 2.05) is 42.5 Å². The molecule has 0 radical (unpaired) electrons. The largest absolute Gasteiger partial charge is 0.320 e. The minimum atomic E-state index is -0.604. The van der Waals surface area contributed by atoms with Crippen LogP contribution in [0.15, 0.2) is 82.5 Å². The summed E-state index contributed by atoms with van der Waals surface area (Å²) in [6, 6.07) is 18.6. The Morgan fingerprint density at radius 2 is 1.59 bits per heavy atom. The van der Waals surface area contributed by atoms with Gasteiger partial charge in [-0.05, 0) is 11.6 Å². The molecule has 0 saturated carbocycles. The number of hydrogen-bond acceptors (Lipinski definition) is 4. The molecule has 0 aliphatic heterocycles. The zero-order chi connectivity index (χ0) is 19.0. The Balaban J connectivity index is 2.18. The van der Waals surface area contributed by atoms with Crippen molar-refractivity contribution in [2.24, 2.45) is 0 Å². The van der Waals surface area contributed by atoms with E-state index in [2.05, 4.69) is 4.98 Å². The van der Waals surface area contributed by atoms with Crippen LogP contribution in [0.25, 0.3) is 27.7 Å². The maximum atomic E-state index is 12.9. The van der Waals surface area contributed by atoms with Crippen LogP contribution in [0.2, 0.25) is 0 Å². The minimum Gasteiger partial charge on any atom is -0.320 e. The van der Waals surface area contributed by atoms with Crippen LogP contribution < -0.4 is 11.1 Å². The summed E-state index contributed by atoms with van der Waals surface area (Å²) >= 11 is 0. The maximum Gasteiger partial charge on any atom is 0.286 e. The first-order chi connectivity index (χ1) is 13.1. The Morgan fingerprint density at radius 3 is 2.33 bits per heavy atom. The number of aromatic amines is 1. The zero-order valence-corrected chi connectivity index (χ0v) is 14.0. The highest BCUT2D eigenvalue weighted by molar-refractivity contribution is 5.98. The van der Waals surface area contributed by atoms with Gasteiger partial charge in [-0.1, -0.05) is 48.5 Å². The molecule has 0 unspecified atom stereocenters. The van der Waals surface area contributed by atoms with E-state index in [0.29, 0.717) is 11.1 Å². The van der Waals surface area contributed by atoms with E-state index >= 15 is 0 Å². The molecule has 7 heteroatoms. The first kappa shape index (κ1) is 16.5. The molecule has 4 rings (SSSR count). The number of H-pyrrole nitrogens is 1. The number of nitrogens with one attached hydrogen (secondary N) is 1. The van der Waals surface area contributed by atoms with Crippen LogP contribution in [0.5, 0.6) is 0 Å². The normalized spacial score (nSPS) is 10.8. The van der Waals surface area contributed by atoms with E-state index in [-0.39, 0.29) is 11.4 Å². The van der Waals surface area contributed by atoms with Crippen molar-refractivity contribution in [1.29, 1.82) is 0 Å². The van der Waals surface area contributed by atoms with Crippen molar-refractivity contribution in [1.82, 2.24) is 9.55 Å². The Kier molecular flexibility index (Phi) is 3.89. The Labute approximate surface area is 152 Å². The lowest BCUT2D eigenvalue weighted by molar-refractivity contribution is -0.385. The fourth-order valence-corrected chi connectivity index (χ4v) is 3.12. The van der Waals surface area contributed by atoms with Gasteiger partial charge in [-0.3, -0.25) is 24.3 Å². The van der Waals surface area contributed by atoms with Crippen LogP contribution in [0.4, 0.5) is 5.69 Å². The second kappa shape index (κ2) is 6.38. The molecule has 132 valence electrons. The van der Waals surface area contributed by atoms with Gasteiger partial charge in [0.1, 0.15) is 5.69 Å². The summed E-state index contributed by atoms with van der Waals surface area (Å²) < 4.78 is 1.03. The van der Waals surface area contributed by atoms with Gasteiger partial charge in [0.15, 0.2) is 0 Å². The maximum absolute atomic E-state index is 12.9. The predicted molar refractivity (Wildman–Crippen MR) is 102 cm³/mol. The molecular formula is C20H13N3O4. The first-order valence-corrected chi connectivity index (χ1v) is 8.14. The number of benzene rings is 2. The summed E-state index contributed by atoms with van der Waals surface area (Å²) in [5, 5.41) is 11.9. The summed E-state index contributed by atoms with van der Waals surface area (Å²) in [5.41, 5.74) is 0.623. The molecule has 27 heavy (non-hydrogen) atoms. The molecule has 1 N–H and O–H groups in total. The lowest BCUT2D eigenvalue weighted by Gasteiger charge is -2.14. The smallest absolute Gasteiger partial charge is 0.286 e. The molecule has 0 fully saturated rings. The first-order valence-electron chi connectivity index (χ1n) is 8.14. The topological polar surface area (TPSA) is 98.0 Å². The van der Waals surface area contributed by atoms with Gasteiger partial charge in [-0.2, -0.15) is 0 Å². The number of aromatic nitrogens is 2. The third kappa shape index (κ3) is 2.81. The van der Waals surface area contributed by atoms with Crippen LogP contribution in [0.3, 0.4) is 0 Å². The van der Waals surface area contributed by atoms with E-state index in [1.165, 1.54) is 0 Å². The van der Waals surface area contributed by atoms with E-state index in [4.69, 9.17) is 0 Å². The molecule has 0 aliphatic carbocycles. The van der Waals surface area contributed by atoms with Crippen molar-refractivity contribution in [3.05, 3.63) is 104 Å². The van der Waals surface area contributed by atoms with Crippen molar-refractivity contribution in [3.8, 4) is 16.8 Å². The molecule has 7 nitrogen and oxygen atoms in total. The van der Waals surface area contributed by atoms with Crippen LogP contribution in [0.1, 0.15) is 0 Å². The number of pyridine rings is 2. The molecule has 0 spiro atoms. The number of fused-ring (bicyclic) bond motifs is 1. The molecule has 0 aliphatic rings. The third-order valence-corrected chi connectivity index (χ3v) is 4.31. The van der Waals surface area contributed by atoms with Gasteiger partial charge in [0.2, 0.25) is 0 Å². The van der Waals surface area contributed by atoms with Gasteiger partial charge in [0.25, 0.3) is 16.8 Å². The monoisotopic (exact) mass is 359 g/mol. The van der Waals surface area contributed by atoms with E-state index in [9.17, 15) is 19.7 Å². The van der Waals surface area contributed by atoms with E-state index in [1.54, 1.807) is 12.1 Å². The molecule has 2 aromatic carbocycles. The number of hydrogen-bond donors (Lipinski definition) is 1. The molecule has 4 aromatic rings. The SMILES string of the molecule is O=c1[nH]c2ccccc2c(-c2ccccc2)c1-n1cc([N+](=O)[O-])ccc1=O. The number of rotatable bonds is 3. The molecular weight excluding hydrogens is 346 g/mol. The molecule has 0 atom stereocenters. The second-order valence-corrected chi connectivity index (χ2v) is 5.94. The van der Waals surface area contributed by atoms with E-state index in [0.717, 1.165) is 33.8 Å². The van der Waals surface area contributed by atoms with Crippen molar-refractivity contribution >= 4 is 16.6 Å². The highest BCUT2D eigenvalue weighted by atomic mass is 16.6. The summed E-state index contributed by atoms with van der Waals surface area (Å²) in [5.74, 6) is 0. The molecule has 2 heterocycles. The number of para-hydroxylation sites is 1. The number of nitrogens with zero attached hydrogens (tertiary/aromatic N) is 2. The highest BCUT2D eigenvalue weighted by Gasteiger charge is 2.19. The Morgan fingerprint density at radius 1 is 0.889 bits per heavy atom.